The Morgan fingerprint density at radius 2 is 1.96 bits per heavy atom. The van der Waals surface area contributed by atoms with Gasteiger partial charge in [-0.05, 0) is 49.8 Å². The third kappa shape index (κ3) is 3.82. The van der Waals surface area contributed by atoms with Crippen LogP contribution >= 0.6 is 11.3 Å². The second kappa shape index (κ2) is 7.13. The molecule has 1 aliphatic rings. The van der Waals surface area contributed by atoms with Crippen molar-refractivity contribution in [1.82, 2.24) is 10.3 Å². The summed E-state index contributed by atoms with van der Waals surface area (Å²) < 4.78 is 0. The van der Waals surface area contributed by atoms with E-state index in [1.807, 2.05) is 5.38 Å². The number of amides is 2. The fraction of sp³-hybridized carbons (Fsp3) is 0.389. The summed E-state index contributed by atoms with van der Waals surface area (Å²) in [4.78, 5) is 27.5. The van der Waals surface area contributed by atoms with Crippen LogP contribution in [0.5, 0.6) is 0 Å². The Morgan fingerprint density at radius 1 is 1.21 bits per heavy atom. The summed E-state index contributed by atoms with van der Waals surface area (Å²) in [6.07, 6.45) is 4.81. The molecule has 0 saturated heterocycles. The monoisotopic (exact) mass is 343 g/mol. The standard InChI is InChI=1S/C18H21N3O2S/c1-11(19-12(2)22)17(23)21-18-20-16(10-24-18)15-8-7-13-5-3-4-6-14(13)9-15/h7-11H,3-6H2,1-2H3,(H,19,22)(H,20,21,23). The highest BCUT2D eigenvalue weighted by molar-refractivity contribution is 7.14. The lowest BCUT2D eigenvalue weighted by Crippen LogP contribution is -2.40. The van der Waals surface area contributed by atoms with Gasteiger partial charge in [-0.15, -0.1) is 11.3 Å². The quantitative estimate of drug-likeness (QED) is 0.896. The summed E-state index contributed by atoms with van der Waals surface area (Å²) in [5.74, 6) is -0.497. The molecule has 0 bridgehead atoms. The maximum atomic E-state index is 12.0. The van der Waals surface area contributed by atoms with Crippen LogP contribution in [0.25, 0.3) is 11.3 Å². The zero-order chi connectivity index (χ0) is 17.1. The van der Waals surface area contributed by atoms with E-state index in [0.29, 0.717) is 5.13 Å². The molecule has 126 valence electrons. The second-order valence-corrected chi connectivity index (χ2v) is 7.00. The van der Waals surface area contributed by atoms with E-state index in [9.17, 15) is 9.59 Å². The van der Waals surface area contributed by atoms with Gasteiger partial charge in [0.2, 0.25) is 11.8 Å². The molecule has 1 aromatic carbocycles. The Labute approximate surface area is 145 Å². The molecule has 24 heavy (non-hydrogen) atoms. The first-order valence-corrected chi connectivity index (χ1v) is 9.06. The molecule has 1 aromatic heterocycles. The summed E-state index contributed by atoms with van der Waals surface area (Å²) in [6, 6.07) is 5.93. The molecule has 1 heterocycles. The number of aromatic nitrogens is 1. The molecule has 2 aromatic rings. The summed E-state index contributed by atoms with van der Waals surface area (Å²) in [5.41, 5.74) is 4.81. The zero-order valence-corrected chi connectivity index (χ0v) is 14.7. The fourth-order valence-corrected chi connectivity index (χ4v) is 3.66. The first-order chi connectivity index (χ1) is 11.5. The first-order valence-electron chi connectivity index (χ1n) is 8.18. The molecule has 1 unspecified atom stereocenters. The average molecular weight is 343 g/mol. The fourth-order valence-electron chi connectivity index (χ4n) is 2.94. The van der Waals surface area contributed by atoms with Crippen LogP contribution in [0.15, 0.2) is 23.6 Å². The van der Waals surface area contributed by atoms with E-state index in [0.717, 1.165) is 24.1 Å². The number of nitrogens with zero attached hydrogens (tertiary/aromatic N) is 1. The number of carbonyl (C=O) groups is 2. The van der Waals surface area contributed by atoms with Gasteiger partial charge in [-0.1, -0.05) is 12.1 Å². The first kappa shape index (κ1) is 16.6. The molecular weight excluding hydrogens is 322 g/mol. The van der Waals surface area contributed by atoms with Crippen LogP contribution in [0, 0.1) is 0 Å². The number of fused-ring (bicyclic) bond motifs is 1. The molecule has 3 rings (SSSR count). The SMILES string of the molecule is CC(=O)NC(C)C(=O)Nc1nc(-c2ccc3c(c2)CCCC3)cs1. The van der Waals surface area contributed by atoms with E-state index in [4.69, 9.17) is 0 Å². The van der Waals surface area contributed by atoms with Gasteiger partial charge in [-0.2, -0.15) is 0 Å². The molecule has 1 aliphatic carbocycles. The number of nitrogens with one attached hydrogen (secondary N) is 2. The van der Waals surface area contributed by atoms with Crippen LogP contribution in [0.2, 0.25) is 0 Å². The summed E-state index contributed by atoms with van der Waals surface area (Å²) >= 11 is 1.39. The van der Waals surface area contributed by atoms with Gasteiger partial charge in [-0.25, -0.2) is 4.98 Å². The van der Waals surface area contributed by atoms with E-state index < -0.39 is 6.04 Å². The van der Waals surface area contributed by atoms with Gasteiger partial charge >= 0.3 is 0 Å². The molecule has 0 radical (unpaired) electrons. The third-order valence-corrected chi connectivity index (χ3v) is 4.95. The second-order valence-electron chi connectivity index (χ2n) is 6.14. The Morgan fingerprint density at radius 3 is 2.71 bits per heavy atom. The highest BCUT2D eigenvalue weighted by atomic mass is 32.1. The van der Waals surface area contributed by atoms with Crippen molar-refractivity contribution < 1.29 is 9.59 Å². The van der Waals surface area contributed by atoms with E-state index in [-0.39, 0.29) is 11.8 Å². The van der Waals surface area contributed by atoms with E-state index in [1.165, 1.54) is 42.2 Å². The van der Waals surface area contributed by atoms with Gasteiger partial charge in [0.25, 0.3) is 0 Å². The number of thiazole rings is 1. The minimum Gasteiger partial charge on any atom is -0.345 e. The molecule has 5 nitrogen and oxygen atoms in total. The molecule has 2 N–H and O–H groups in total. The van der Waals surface area contributed by atoms with Crippen molar-refractivity contribution in [3.8, 4) is 11.3 Å². The van der Waals surface area contributed by atoms with Crippen LogP contribution in [0.1, 0.15) is 37.8 Å². The van der Waals surface area contributed by atoms with Crippen LogP contribution in [-0.2, 0) is 22.4 Å². The van der Waals surface area contributed by atoms with Gasteiger partial charge in [0.15, 0.2) is 5.13 Å². The lowest BCUT2D eigenvalue weighted by Gasteiger charge is -2.16. The third-order valence-electron chi connectivity index (χ3n) is 4.19. The van der Waals surface area contributed by atoms with Gasteiger partial charge < -0.3 is 10.6 Å². The lowest BCUT2D eigenvalue weighted by molar-refractivity contribution is -0.124. The van der Waals surface area contributed by atoms with Crippen molar-refractivity contribution in [2.75, 3.05) is 5.32 Å². The molecule has 0 fully saturated rings. The van der Waals surface area contributed by atoms with Gasteiger partial charge in [-0.3, -0.25) is 9.59 Å². The molecule has 2 amide bonds. The predicted molar refractivity (Wildman–Crippen MR) is 96.1 cm³/mol. The highest BCUT2D eigenvalue weighted by Gasteiger charge is 2.16. The average Bonchev–Trinajstić information content (AvgIpc) is 3.02. The maximum Gasteiger partial charge on any atom is 0.248 e. The van der Waals surface area contributed by atoms with Gasteiger partial charge in [0.1, 0.15) is 6.04 Å². The molecular formula is C18H21N3O2S. The van der Waals surface area contributed by atoms with E-state index in [2.05, 4.69) is 33.8 Å². The largest absolute Gasteiger partial charge is 0.345 e. The highest BCUT2D eigenvalue weighted by Crippen LogP contribution is 2.29. The Balaban J connectivity index is 1.71. The van der Waals surface area contributed by atoms with Crippen molar-refractivity contribution >= 4 is 28.3 Å². The summed E-state index contributed by atoms with van der Waals surface area (Å²) in [5, 5.41) is 7.81. The lowest BCUT2D eigenvalue weighted by atomic mass is 9.90. The van der Waals surface area contributed by atoms with Gasteiger partial charge in [0.05, 0.1) is 5.69 Å². The van der Waals surface area contributed by atoms with Crippen molar-refractivity contribution in [1.29, 1.82) is 0 Å². The number of aryl methyl sites for hydroxylation is 2. The van der Waals surface area contributed by atoms with E-state index in [1.54, 1.807) is 6.92 Å². The number of hydrogen-bond acceptors (Lipinski definition) is 4. The van der Waals surface area contributed by atoms with E-state index >= 15 is 0 Å². The molecule has 0 aliphatic heterocycles. The maximum absolute atomic E-state index is 12.0. The van der Waals surface area contributed by atoms with Crippen molar-refractivity contribution in [2.24, 2.45) is 0 Å². The summed E-state index contributed by atoms with van der Waals surface area (Å²) in [6.45, 7) is 3.04. The Bertz CT molecular complexity index is 769. The van der Waals surface area contributed by atoms with Crippen molar-refractivity contribution in [3.63, 3.8) is 0 Å². The van der Waals surface area contributed by atoms with Crippen molar-refractivity contribution in [3.05, 3.63) is 34.7 Å². The van der Waals surface area contributed by atoms with Crippen LogP contribution in [-0.4, -0.2) is 22.8 Å². The normalized spacial score (nSPS) is 14.6. The van der Waals surface area contributed by atoms with Crippen LogP contribution in [0.4, 0.5) is 5.13 Å². The molecule has 1 atom stereocenters. The Kier molecular flexibility index (Phi) is 4.94. The Hall–Kier alpha value is -2.21. The molecule has 0 spiro atoms. The minimum atomic E-state index is -0.585. The van der Waals surface area contributed by atoms with Crippen molar-refractivity contribution in [2.45, 2.75) is 45.6 Å². The number of carbonyl (C=O) groups excluding carboxylic acids is 2. The topological polar surface area (TPSA) is 71.1 Å². The van der Waals surface area contributed by atoms with Crippen LogP contribution < -0.4 is 10.6 Å². The predicted octanol–water partition coefficient (Wildman–Crippen LogP) is 3.15. The van der Waals surface area contributed by atoms with Gasteiger partial charge in [0, 0.05) is 17.9 Å². The summed E-state index contributed by atoms with van der Waals surface area (Å²) in [7, 11) is 0. The number of benzene rings is 1. The van der Waals surface area contributed by atoms with Crippen LogP contribution in [0.3, 0.4) is 0 Å². The number of anilines is 1. The number of rotatable bonds is 4. The molecule has 6 heteroatoms. The zero-order valence-electron chi connectivity index (χ0n) is 13.9. The minimum absolute atomic E-state index is 0.230. The smallest absolute Gasteiger partial charge is 0.248 e. The number of hydrogen-bond donors (Lipinski definition) is 2. The molecule has 0 saturated carbocycles.